The van der Waals surface area contributed by atoms with Crippen LogP contribution in [0.1, 0.15) is 39.2 Å². The summed E-state index contributed by atoms with van der Waals surface area (Å²) < 4.78 is 0. The predicted octanol–water partition coefficient (Wildman–Crippen LogP) is 2.99. The Kier molecular flexibility index (Phi) is 3.78. The summed E-state index contributed by atoms with van der Waals surface area (Å²) in [4.78, 5) is 15.3. The summed E-state index contributed by atoms with van der Waals surface area (Å²) in [7, 11) is 0. The van der Waals surface area contributed by atoms with E-state index in [0.29, 0.717) is 5.92 Å². The van der Waals surface area contributed by atoms with Gasteiger partial charge in [0.1, 0.15) is 0 Å². The number of carbonyl (C=O) groups is 1. The van der Waals surface area contributed by atoms with Crippen LogP contribution in [-0.4, -0.2) is 25.0 Å². The minimum absolute atomic E-state index is 0.269. The summed E-state index contributed by atoms with van der Waals surface area (Å²) >= 11 is 0. The molecule has 3 rings (SSSR count). The molecule has 1 amide bonds. The zero-order valence-electron chi connectivity index (χ0n) is 13.4. The molecule has 0 aliphatic carbocycles. The van der Waals surface area contributed by atoms with Gasteiger partial charge in [-0.15, -0.1) is 0 Å². The van der Waals surface area contributed by atoms with Gasteiger partial charge in [-0.3, -0.25) is 4.79 Å². The molecule has 0 bridgehead atoms. The van der Waals surface area contributed by atoms with Gasteiger partial charge < -0.3 is 10.2 Å². The fourth-order valence-electron chi connectivity index (χ4n) is 3.83. The Labute approximate surface area is 127 Å². The second-order valence-electron chi connectivity index (χ2n) is 7.12. The molecule has 114 valence electrons. The van der Waals surface area contributed by atoms with E-state index < -0.39 is 0 Å². The Balaban J connectivity index is 1.87. The van der Waals surface area contributed by atoms with Crippen molar-refractivity contribution in [3.63, 3.8) is 0 Å². The maximum Gasteiger partial charge on any atom is 0.233 e. The number of nitrogens with zero attached hydrogens (tertiary/aromatic N) is 1. The topological polar surface area (TPSA) is 32.3 Å². The number of fused-ring (bicyclic) bond motifs is 1. The standard InChI is InChI=1S/C18H26N2O/c1-13-11-14-7-4-5-9-16(14)20(13)17(21)18(2,3)15-8-6-10-19-12-15/h4-5,7,9,13,15,19H,6,8,10-12H2,1-3H3. The molecule has 0 spiro atoms. The first-order chi connectivity index (χ1) is 10.0. The molecule has 2 aliphatic rings. The first-order valence-electron chi connectivity index (χ1n) is 8.14. The minimum Gasteiger partial charge on any atom is -0.316 e. The lowest BCUT2D eigenvalue weighted by molar-refractivity contribution is -0.130. The van der Waals surface area contributed by atoms with Crippen molar-refractivity contribution in [3.8, 4) is 0 Å². The van der Waals surface area contributed by atoms with Gasteiger partial charge in [-0.25, -0.2) is 0 Å². The minimum atomic E-state index is -0.306. The number of carbonyl (C=O) groups excluding carboxylic acids is 1. The van der Waals surface area contributed by atoms with Gasteiger partial charge in [0.15, 0.2) is 0 Å². The number of hydrogen-bond acceptors (Lipinski definition) is 2. The SMILES string of the molecule is CC1Cc2ccccc2N1C(=O)C(C)(C)C1CCCNC1. The Bertz CT molecular complexity index is 532. The Morgan fingerprint density at radius 1 is 1.33 bits per heavy atom. The largest absolute Gasteiger partial charge is 0.316 e. The maximum absolute atomic E-state index is 13.2. The van der Waals surface area contributed by atoms with Crippen LogP contribution in [0.5, 0.6) is 0 Å². The molecule has 0 radical (unpaired) electrons. The van der Waals surface area contributed by atoms with Crippen molar-refractivity contribution in [2.24, 2.45) is 11.3 Å². The van der Waals surface area contributed by atoms with E-state index in [0.717, 1.165) is 31.6 Å². The van der Waals surface area contributed by atoms with Gasteiger partial charge in [0.2, 0.25) is 5.91 Å². The average Bonchev–Trinajstić information content (AvgIpc) is 2.83. The third kappa shape index (κ3) is 2.48. The van der Waals surface area contributed by atoms with Gasteiger partial charge >= 0.3 is 0 Å². The second-order valence-corrected chi connectivity index (χ2v) is 7.12. The van der Waals surface area contributed by atoms with E-state index >= 15 is 0 Å². The summed E-state index contributed by atoms with van der Waals surface area (Å²) in [5.41, 5.74) is 2.11. The van der Waals surface area contributed by atoms with Crippen LogP contribution in [-0.2, 0) is 11.2 Å². The van der Waals surface area contributed by atoms with Crippen LogP contribution in [0.25, 0.3) is 0 Å². The number of rotatable bonds is 2. The monoisotopic (exact) mass is 286 g/mol. The van der Waals surface area contributed by atoms with Crippen LogP contribution in [0.2, 0.25) is 0 Å². The van der Waals surface area contributed by atoms with Gasteiger partial charge in [0, 0.05) is 17.1 Å². The molecular weight excluding hydrogens is 260 g/mol. The fourth-order valence-corrected chi connectivity index (χ4v) is 3.83. The second kappa shape index (κ2) is 5.45. The van der Waals surface area contributed by atoms with Crippen LogP contribution in [0, 0.1) is 11.3 Å². The molecule has 1 aromatic rings. The highest BCUT2D eigenvalue weighted by molar-refractivity contribution is 5.99. The molecule has 1 saturated heterocycles. The molecule has 1 fully saturated rings. The van der Waals surface area contributed by atoms with Crippen molar-refractivity contribution in [1.29, 1.82) is 0 Å². The van der Waals surface area contributed by atoms with Crippen molar-refractivity contribution in [1.82, 2.24) is 5.32 Å². The van der Waals surface area contributed by atoms with Crippen LogP contribution in [0.3, 0.4) is 0 Å². The highest BCUT2D eigenvalue weighted by Gasteiger charge is 2.43. The van der Waals surface area contributed by atoms with Crippen LogP contribution < -0.4 is 10.2 Å². The van der Waals surface area contributed by atoms with E-state index in [9.17, 15) is 4.79 Å². The summed E-state index contributed by atoms with van der Waals surface area (Å²) in [6.45, 7) is 8.46. The molecule has 2 unspecified atom stereocenters. The van der Waals surface area contributed by atoms with E-state index in [2.05, 4.69) is 44.3 Å². The smallest absolute Gasteiger partial charge is 0.233 e. The number of piperidine rings is 1. The Hall–Kier alpha value is -1.35. The zero-order chi connectivity index (χ0) is 15.0. The molecule has 2 heterocycles. The molecule has 0 saturated carbocycles. The van der Waals surface area contributed by atoms with Crippen molar-refractivity contribution in [2.75, 3.05) is 18.0 Å². The van der Waals surface area contributed by atoms with Crippen LogP contribution >= 0.6 is 0 Å². The molecule has 3 nitrogen and oxygen atoms in total. The lowest BCUT2D eigenvalue weighted by Crippen LogP contribution is -2.50. The van der Waals surface area contributed by atoms with Gasteiger partial charge in [0.05, 0.1) is 0 Å². The van der Waals surface area contributed by atoms with Gasteiger partial charge in [0.25, 0.3) is 0 Å². The maximum atomic E-state index is 13.2. The number of amides is 1. The van der Waals surface area contributed by atoms with Crippen molar-refractivity contribution >= 4 is 11.6 Å². The van der Waals surface area contributed by atoms with E-state index in [4.69, 9.17) is 0 Å². The van der Waals surface area contributed by atoms with Crippen molar-refractivity contribution in [3.05, 3.63) is 29.8 Å². The Morgan fingerprint density at radius 2 is 2.10 bits per heavy atom. The molecule has 0 aromatic heterocycles. The van der Waals surface area contributed by atoms with Crippen molar-refractivity contribution < 1.29 is 4.79 Å². The molecule has 3 heteroatoms. The number of hydrogen-bond donors (Lipinski definition) is 1. The van der Waals surface area contributed by atoms with E-state index in [1.807, 2.05) is 11.0 Å². The summed E-state index contributed by atoms with van der Waals surface area (Å²) in [5, 5.41) is 3.45. The fraction of sp³-hybridized carbons (Fsp3) is 0.611. The number of anilines is 1. The molecule has 2 aliphatic heterocycles. The van der Waals surface area contributed by atoms with Gasteiger partial charge in [-0.2, -0.15) is 0 Å². The van der Waals surface area contributed by atoms with Crippen molar-refractivity contribution in [2.45, 2.75) is 46.1 Å². The van der Waals surface area contributed by atoms with E-state index in [-0.39, 0.29) is 17.4 Å². The van der Waals surface area contributed by atoms with E-state index in [1.165, 1.54) is 12.0 Å². The highest BCUT2D eigenvalue weighted by atomic mass is 16.2. The molecule has 21 heavy (non-hydrogen) atoms. The third-order valence-corrected chi connectivity index (χ3v) is 5.29. The number of nitrogens with one attached hydrogen (secondary N) is 1. The third-order valence-electron chi connectivity index (χ3n) is 5.29. The highest BCUT2D eigenvalue weighted by Crippen LogP contribution is 2.39. The van der Waals surface area contributed by atoms with Gasteiger partial charge in [-0.05, 0) is 56.8 Å². The lowest BCUT2D eigenvalue weighted by Gasteiger charge is -2.39. The van der Waals surface area contributed by atoms with Gasteiger partial charge in [-0.1, -0.05) is 32.0 Å². The molecule has 1 aromatic carbocycles. The number of benzene rings is 1. The molecule has 2 atom stereocenters. The summed E-state index contributed by atoms with van der Waals surface area (Å²) in [6.07, 6.45) is 3.30. The lowest BCUT2D eigenvalue weighted by atomic mass is 9.74. The zero-order valence-corrected chi connectivity index (χ0v) is 13.4. The predicted molar refractivity (Wildman–Crippen MR) is 86.5 cm³/mol. The molecule has 1 N–H and O–H groups in total. The quantitative estimate of drug-likeness (QED) is 0.906. The summed E-state index contributed by atoms with van der Waals surface area (Å²) in [5.74, 6) is 0.715. The first kappa shape index (κ1) is 14.6. The molecular formula is C18H26N2O. The number of para-hydroxylation sites is 1. The normalized spacial score (nSPS) is 25.8. The summed E-state index contributed by atoms with van der Waals surface area (Å²) in [6, 6.07) is 8.60. The van der Waals surface area contributed by atoms with Crippen LogP contribution in [0.4, 0.5) is 5.69 Å². The first-order valence-corrected chi connectivity index (χ1v) is 8.14. The Morgan fingerprint density at radius 3 is 2.81 bits per heavy atom. The van der Waals surface area contributed by atoms with E-state index in [1.54, 1.807) is 0 Å². The van der Waals surface area contributed by atoms with Crippen LogP contribution in [0.15, 0.2) is 24.3 Å². The average molecular weight is 286 g/mol.